The first-order valence-electron chi connectivity index (χ1n) is 11.5. The van der Waals surface area contributed by atoms with Crippen LogP contribution < -0.4 is 5.32 Å². The number of aliphatic hydroxyl groups is 1. The number of carbonyl (C=O) groups is 2. The number of carbonyl (C=O) groups excluding carboxylic acids is 2. The number of allylic oxidation sites excluding steroid dienone is 1. The van der Waals surface area contributed by atoms with Gasteiger partial charge in [-0.25, -0.2) is 4.79 Å². The normalized spacial score (nSPS) is 28.9. The van der Waals surface area contributed by atoms with Gasteiger partial charge >= 0.3 is 6.09 Å². The van der Waals surface area contributed by atoms with Crippen molar-refractivity contribution in [1.29, 1.82) is 0 Å². The lowest BCUT2D eigenvalue weighted by Crippen LogP contribution is -2.44. The Labute approximate surface area is 184 Å². The predicted octanol–water partition coefficient (Wildman–Crippen LogP) is 4.27. The number of aliphatic hydroxyl groups excluding tert-OH is 1. The molecule has 3 aliphatic rings. The second-order valence-corrected chi connectivity index (χ2v) is 9.06. The van der Waals surface area contributed by atoms with Crippen LogP contribution in [0, 0.1) is 18.8 Å². The molecule has 2 fully saturated rings. The molecule has 2 bridgehead atoms. The predicted molar refractivity (Wildman–Crippen MR) is 118 cm³/mol. The number of hydrogen-bond acceptors (Lipinski definition) is 5. The van der Waals surface area contributed by atoms with Crippen LogP contribution in [0.4, 0.5) is 4.79 Å². The SMILES string of the molecule is CCCNC(=O)OC[C@]12CC[C@H](O1)[C@@H]1C(=O)C(c3c(CC)cc(C)cc3CC)=C(O)[C@@H]12. The van der Waals surface area contributed by atoms with Crippen LogP contribution in [-0.2, 0) is 27.1 Å². The molecule has 2 heterocycles. The Kier molecular flexibility index (Phi) is 5.86. The molecule has 1 amide bonds. The zero-order valence-electron chi connectivity index (χ0n) is 18.9. The number of alkyl carbamates (subject to hydrolysis) is 1. The molecule has 2 saturated heterocycles. The Morgan fingerprint density at radius 1 is 1.26 bits per heavy atom. The molecule has 1 aromatic rings. The van der Waals surface area contributed by atoms with E-state index in [1.54, 1.807) is 0 Å². The Hall–Kier alpha value is -2.34. The smallest absolute Gasteiger partial charge is 0.407 e. The highest BCUT2D eigenvalue weighted by Gasteiger charge is 2.67. The van der Waals surface area contributed by atoms with Crippen LogP contribution in [0.15, 0.2) is 17.9 Å². The van der Waals surface area contributed by atoms with E-state index in [2.05, 4.69) is 38.2 Å². The lowest BCUT2D eigenvalue weighted by molar-refractivity contribution is -0.118. The molecule has 2 aliphatic heterocycles. The van der Waals surface area contributed by atoms with Gasteiger partial charge in [0, 0.05) is 6.54 Å². The van der Waals surface area contributed by atoms with Crippen molar-refractivity contribution >= 4 is 17.4 Å². The molecule has 4 rings (SSSR count). The number of ketones is 1. The number of amides is 1. The van der Waals surface area contributed by atoms with E-state index in [1.165, 1.54) is 0 Å². The van der Waals surface area contributed by atoms with Crippen LogP contribution in [0.5, 0.6) is 0 Å². The Morgan fingerprint density at radius 2 is 1.94 bits per heavy atom. The van der Waals surface area contributed by atoms with Crippen LogP contribution in [0.2, 0.25) is 0 Å². The molecule has 168 valence electrons. The van der Waals surface area contributed by atoms with Gasteiger partial charge in [0.1, 0.15) is 18.0 Å². The molecule has 6 nitrogen and oxygen atoms in total. The first-order chi connectivity index (χ1) is 14.9. The zero-order chi connectivity index (χ0) is 22.3. The minimum atomic E-state index is -0.830. The molecule has 0 spiro atoms. The zero-order valence-corrected chi connectivity index (χ0v) is 18.9. The van der Waals surface area contributed by atoms with Crippen LogP contribution in [-0.4, -0.2) is 41.8 Å². The van der Waals surface area contributed by atoms with E-state index in [9.17, 15) is 14.7 Å². The molecular weight excluding hydrogens is 394 g/mol. The van der Waals surface area contributed by atoms with Gasteiger partial charge in [-0.15, -0.1) is 0 Å². The van der Waals surface area contributed by atoms with Gasteiger partial charge in [-0.3, -0.25) is 4.79 Å². The average Bonchev–Trinajstić information content (AvgIpc) is 3.40. The molecule has 0 saturated carbocycles. The van der Waals surface area contributed by atoms with E-state index in [4.69, 9.17) is 9.47 Å². The molecule has 0 unspecified atom stereocenters. The van der Waals surface area contributed by atoms with Crippen LogP contribution in [0.1, 0.15) is 62.3 Å². The molecule has 1 aliphatic carbocycles. The van der Waals surface area contributed by atoms with Crippen molar-refractivity contribution < 1.29 is 24.2 Å². The first-order valence-corrected chi connectivity index (χ1v) is 11.5. The van der Waals surface area contributed by atoms with Crippen molar-refractivity contribution in [3.05, 3.63) is 40.1 Å². The molecule has 0 radical (unpaired) electrons. The number of ether oxygens (including phenoxy) is 2. The highest BCUT2D eigenvalue weighted by Crippen LogP contribution is 2.59. The second-order valence-electron chi connectivity index (χ2n) is 9.06. The second kappa shape index (κ2) is 8.30. The molecule has 0 aromatic heterocycles. The summed E-state index contributed by atoms with van der Waals surface area (Å²) in [5, 5.41) is 14.1. The van der Waals surface area contributed by atoms with Gasteiger partial charge in [0.25, 0.3) is 0 Å². The van der Waals surface area contributed by atoms with Gasteiger partial charge < -0.3 is 19.9 Å². The number of nitrogens with one attached hydrogen (secondary N) is 1. The fourth-order valence-corrected chi connectivity index (χ4v) is 5.75. The number of rotatable bonds is 7. The maximum Gasteiger partial charge on any atom is 0.407 e. The van der Waals surface area contributed by atoms with E-state index in [0.29, 0.717) is 18.5 Å². The Bertz CT molecular complexity index is 911. The first kappa shape index (κ1) is 21.9. The highest BCUT2D eigenvalue weighted by atomic mass is 16.6. The Balaban J connectivity index is 1.71. The number of benzene rings is 1. The van der Waals surface area contributed by atoms with E-state index in [1.807, 2.05) is 6.92 Å². The summed E-state index contributed by atoms with van der Waals surface area (Å²) in [7, 11) is 0. The van der Waals surface area contributed by atoms with Crippen LogP contribution in [0.3, 0.4) is 0 Å². The van der Waals surface area contributed by atoms with Gasteiger partial charge in [-0.05, 0) is 55.7 Å². The number of hydrogen-bond donors (Lipinski definition) is 2. The fraction of sp³-hybridized carbons (Fsp3) is 0.600. The third-order valence-corrected chi connectivity index (χ3v) is 7.09. The summed E-state index contributed by atoms with van der Waals surface area (Å²) in [6.07, 6.45) is 3.08. The largest absolute Gasteiger partial charge is 0.511 e. The minimum Gasteiger partial charge on any atom is -0.511 e. The van der Waals surface area contributed by atoms with Gasteiger partial charge in [-0.1, -0.05) is 38.5 Å². The summed E-state index contributed by atoms with van der Waals surface area (Å²) in [6.45, 7) is 8.77. The lowest BCUT2D eigenvalue weighted by Gasteiger charge is -2.31. The van der Waals surface area contributed by atoms with Crippen molar-refractivity contribution in [3.8, 4) is 0 Å². The fourth-order valence-electron chi connectivity index (χ4n) is 5.75. The van der Waals surface area contributed by atoms with Gasteiger partial charge in [0.15, 0.2) is 5.78 Å². The van der Waals surface area contributed by atoms with Crippen LogP contribution in [0.25, 0.3) is 5.57 Å². The maximum absolute atomic E-state index is 13.6. The summed E-state index contributed by atoms with van der Waals surface area (Å²) < 4.78 is 11.7. The van der Waals surface area contributed by atoms with Crippen molar-refractivity contribution in [2.75, 3.05) is 13.2 Å². The summed E-state index contributed by atoms with van der Waals surface area (Å²) in [6, 6.07) is 4.22. The summed E-state index contributed by atoms with van der Waals surface area (Å²) in [5.74, 6) is -0.772. The number of aryl methyl sites for hydroxylation is 3. The molecule has 2 N–H and O–H groups in total. The number of Topliss-reactive ketones (excluding diaryl/α,β-unsaturated/α-hetero) is 1. The Morgan fingerprint density at radius 3 is 2.55 bits per heavy atom. The van der Waals surface area contributed by atoms with E-state index in [-0.39, 0.29) is 24.3 Å². The van der Waals surface area contributed by atoms with Gasteiger partial charge in [0.2, 0.25) is 0 Å². The standard InChI is InChI=1S/C25H33NO5/c1-5-10-26-24(29)30-13-25-9-8-17(31-25)19-21(25)23(28)20(22(19)27)18-15(6-2)11-14(4)12-16(18)7-3/h11-12,17,19,21,28H,5-10,13H2,1-4H3,(H,26,29)/t17-,19-,21+,25-/m0/s1. The van der Waals surface area contributed by atoms with E-state index >= 15 is 0 Å². The van der Waals surface area contributed by atoms with Crippen molar-refractivity contribution in [2.24, 2.45) is 11.8 Å². The number of fused-ring (bicyclic) bond motifs is 5. The summed E-state index contributed by atoms with van der Waals surface area (Å²) >= 11 is 0. The molecule has 4 atom stereocenters. The highest BCUT2D eigenvalue weighted by molar-refractivity contribution is 6.26. The average molecular weight is 428 g/mol. The lowest BCUT2D eigenvalue weighted by atomic mass is 9.73. The molecule has 6 heteroatoms. The van der Waals surface area contributed by atoms with Gasteiger partial charge in [-0.2, -0.15) is 0 Å². The van der Waals surface area contributed by atoms with Gasteiger partial charge in [0.05, 0.1) is 23.5 Å². The van der Waals surface area contributed by atoms with Crippen molar-refractivity contribution in [3.63, 3.8) is 0 Å². The molecule has 31 heavy (non-hydrogen) atoms. The topological polar surface area (TPSA) is 84.9 Å². The minimum absolute atomic E-state index is 0.0298. The quantitative estimate of drug-likeness (QED) is 0.679. The van der Waals surface area contributed by atoms with Crippen molar-refractivity contribution in [2.45, 2.75) is 71.5 Å². The summed E-state index contributed by atoms with van der Waals surface area (Å²) in [5.41, 5.74) is 3.86. The maximum atomic E-state index is 13.6. The third kappa shape index (κ3) is 3.45. The monoisotopic (exact) mass is 427 g/mol. The molecular formula is C25H33NO5. The van der Waals surface area contributed by atoms with E-state index in [0.717, 1.165) is 47.9 Å². The van der Waals surface area contributed by atoms with Crippen molar-refractivity contribution in [1.82, 2.24) is 5.32 Å². The van der Waals surface area contributed by atoms with Crippen LogP contribution >= 0.6 is 0 Å². The summed E-state index contributed by atoms with van der Waals surface area (Å²) in [4.78, 5) is 25.6. The van der Waals surface area contributed by atoms with E-state index < -0.39 is 23.5 Å². The molecule has 1 aromatic carbocycles. The third-order valence-electron chi connectivity index (χ3n) is 7.09.